The van der Waals surface area contributed by atoms with Crippen molar-refractivity contribution in [3.8, 4) is 5.88 Å². The Kier molecular flexibility index (Phi) is 7.27. The molecule has 2 aromatic rings. The smallest absolute Gasteiger partial charge is 0.408 e. The number of hydrogen-bond donors (Lipinski definition) is 1. The van der Waals surface area contributed by atoms with E-state index in [-0.39, 0.29) is 13.2 Å². The van der Waals surface area contributed by atoms with Gasteiger partial charge in [0.05, 0.1) is 10.6 Å². The molecule has 0 spiro atoms. The highest BCUT2D eigenvalue weighted by Gasteiger charge is 2.29. The largest absolute Gasteiger partial charge is 0.475 e. The van der Waals surface area contributed by atoms with E-state index in [9.17, 15) is 4.79 Å². The van der Waals surface area contributed by atoms with Gasteiger partial charge >= 0.3 is 6.09 Å². The van der Waals surface area contributed by atoms with Crippen molar-refractivity contribution in [1.82, 2.24) is 10.3 Å². The number of benzene rings is 1. The number of nitrogens with one attached hydrogen (secondary N) is 1. The van der Waals surface area contributed by atoms with Crippen molar-refractivity contribution in [2.24, 2.45) is 5.92 Å². The molecule has 1 aromatic carbocycles. The summed E-state index contributed by atoms with van der Waals surface area (Å²) < 4.78 is 11.1. The Morgan fingerprint density at radius 3 is 2.58 bits per heavy atom. The Morgan fingerprint density at radius 1 is 1.23 bits per heavy atom. The monoisotopic (exact) mass is 376 g/mol. The van der Waals surface area contributed by atoms with Crippen LogP contribution in [0.25, 0.3) is 0 Å². The highest BCUT2D eigenvalue weighted by Crippen LogP contribution is 2.20. The Hall–Kier alpha value is -2.27. The Balaban J connectivity index is 1.93. The van der Waals surface area contributed by atoms with Gasteiger partial charge in [0, 0.05) is 12.3 Å². The van der Waals surface area contributed by atoms with Crippen molar-refractivity contribution in [3.63, 3.8) is 0 Å². The third-order valence-electron chi connectivity index (χ3n) is 3.71. The van der Waals surface area contributed by atoms with E-state index in [0.717, 1.165) is 12.0 Å². The van der Waals surface area contributed by atoms with Gasteiger partial charge in [-0.25, -0.2) is 9.78 Å². The summed E-state index contributed by atoms with van der Waals surface area (Å²) in [5, 5.41) is 3.48. The van der Waals surface area contributed by atoms with Crippen molar-refractivity contribution in [2.75, 3.05) is 6.61 Å². The van der Waals surface area contributed by atoms with Gasteiger partial charge in [0.1, 0.15) is 13.2 Å². The van der Waals surface area contributed by atoms with Gasteiger partial charge in [0.2, 0.25) is 5.88 Å². The molecule has 1 unspecified atom stereocenters. The number of carbonyl (C=O) groups excluding carboxylic acids is 1. The zero-order valence-electron chi connectivity index (χ0n) is 15.4. The lowest BCUT2D eigenvalue weighted by molar-refractivity contribution is 0.108. The van der Waals surface area contributed by atoms with E-state index in [1.54, 1.807) is 12.1 Å². The van der Waals surface area contributed by atoms with E-state index >= 15 is 0 Å². The number of alkyl carbamates (subject to hydrolysis) is 1. The topological polar surface area (TPSA) is 60.5 Å². The third-order valence-corrected chi connectivity index (χ3v) is 3.94. The second kappa shape index (κ2) is 9.43. The van der Waals surface area contributed by atoms with Gasteiger partial charge in [-0.3, -0.25) is 0 Å². The average molecular weight is 377 g/mol. The number of carbonyl (C=O) groups is 1. The van der Waals surface area contributed by atoms with Crippen LogP contribution in [0.15, 0.2) is 48.7 Å². The van der Waals surface area contributed by atoms with Crippen molar-refractivity contribution in [1.29, 1.82) is 0 Å². The fourth-order valence-corrected chi connectivity index (χ4v) is 2.85. The second-order valence-electron chi connectivity index (χ2n) is 6.95. The van der Waals surface area contributed by atoms with Crippen LogP contribution in [0.5, 0.6) is 5.88 Å². The van der Waals surface area contributed by atoms with Crippen LogP contribution >= 0.6 is 11.6 Å². The van der Waals surface area contributed by atoms with E-state index in [4.69, 9.17) is 21.1 Å². The lowest BCUT2D eigenvalue weighted by Gasteiger charge is -2.31. The van der Waals surface area contributed by atoms with Crippen LogP contribution in [0.3, 0.4) is 0 Å². The van der Waals surface area contributed by atoms with Gasteiger partial charge in [-0.2, -0.15) is 0 Å². The summed E-state index contributed by atoms with van der Waals surface area (Å²) in [4.78, 5) is 16.4. The standard InChI is InChI=1S/C20H25ClN2O3/c1-15(2)11-20(3,14-26-18-10-9-17(21)12-22-18)23-19(24)25-13-16-7-5-4-6-8-16/h4-10,12,15H,11,13-14H2,1-3H3,(H,23,24). The summed E-state index contributed by atoms with van der Waals surface area (Å²) in [5.41, 5.74) is 0.360. The molecule has 1 amide bonds. The van der Waals surface area contributed by atoms with Crippen LogP contribution in [-0.4, -0.2) is 23.2 Å². The van der Waals surface area contributed by atoms with Gasteiger partial charge in [-0.15, -0.1) is 0 Å². The summed E-state index contributed by atoms with van der Waals surface area (Å²) >= 11 is 5.83. The molecule has 5 nitrogen and oxygen atoms in total. The average Bonchev–Trinajstić information content (AvgIpc) is 2.60. The molecule has 0 radical (unpaired) electrons. The molecule has 0 saturated heterocycles. The van der Waals surface area contributed by atoms with Crippen LogP contribution in [0.1, 0.15) is 32.8 Å². The van der Waals surface area contributed by atoms with Crippen molar-refractivity contribution >= 4 is 17.7 Å². The first-order chi connectivity index (χ1) is 12.4. The minimum Gasteiger partial charge on any atom is -0.475 e. The minimum atomic E-state index is -0.580. The van der Waals surface area contributed by atoms with E-state index in [2.05, 4.69) is 24.1 Å². The second-order valence-corrected chi connectivity index (χ2v) is 7.39. The van der Waals surface area contributed by atoms with Crippen molar-refractivity contribution in [3.05, 3.63) is 59.2 Å². The lowest BCUT2D eigenvalue weighted by atomic mass is 9.91. The molecule has 26 heavy (non-hydrogen) atoms. The zero-order chi connectivity index (χ0) is 19.0. The quantitative estimate of drug-likeness (QED) is 0.715. The van der Waals surface area contributed by atoms with Crippen LogP contribution in [0.2, 0.25) is 5.02 Å². The summed E-state index contributed by atoms with van der Waals surface area (Å²) in [7, 11) is 0. The third kappa shape index (κ3) is 6.92. The molecule has 0 aliphatic rings. The molecule has 140 valence electrons. The number of aromatic nitrogens is 1. The van der Waals surface area contributed by atoms with Gasteiger partial charge in [-0.1, -0.05) is 55.8 Å². The maximum absolute atomic E-state index is 12.2. The van der Waals surface area contributed by atoms with E-state index in [1.807, 2.05) is 37.3 Å². The molecule has 0 aliphatic heterocycles. The number of ether oxygens (including phenoxy) is 2. The predicted molar refractivity (Wildman–Crippen MR) is 102 cm³/mol. The molecular formula is C20H25ClN2O3. The SMILES string of the molecule is CC(C)CC(C)(COc1ccc(Cl)cn1)NC(=O)OCc1ccccc1. The van der Waals surface area contributed by atoms with Gasteiger partial charge in [-0.05, 0) is 30.9 Å². The molecular weight excluding hydrogens is 352 g/mol. The molecule has 1 atom stereocenters. The van der Waals surface area contributed by atoms with Crippen LogP contribution in [0.4, 0.5) is 4.79 Å². The molecule has 2 rings (SSSR count). The summed E-state index contributed by atoms with van der Waals surface area (Å²) in [6.45, 7) is 6.63. The fourth-order valence-electron chi connectivity index (χ4n) is 2.73. The van der Waals surface area contributed by atoms with E-state index in [1.165, 1.54) is 6.20 Å². The number of amides is 1. The van der Waals surface area contributed by atoms with Crippen molar-refractivity contribution < 1.29 is 14.3 Å². The first-order valence-electron chi connectivity index (χ1n) is 8.59. The highest BCUT2D eigenvalue weighted by atomic mass is 35.5. The zero-order valence-corrected chi connectivity index (χ0v) is 16.1. The van der Waals surface area contributed by atoms with Gasteiger partial charge in [0.25, 0.3) is 0 Å². The minimum absolute atomic E-state index is 0.226. The lowest BCUT2D eigenvalue weighted by Crippen LogP contribution is -2.51. The number of rotatable bonds is 8. The molecule has 6 heteroatoms. The van der Waals surface area contributed by atoms with Gasteiger partial charge in [0.15, 0.2) is 0 Å². The first kappa shape index (κ1) is 20.0. The van der Waals surface area contributed by atoms with Gasteiger partial charge < -0.3 is 14.8 Å². The summed E-state index contributed by atoms with van der Waals surface area (Å²) in [6.07, 6.45) is 1.80. The molecule has 1 aromatic heterocycles. The van der Waals surface area contributed by atoms with Crippen LogP contribution in [0, 0.1) is 5.92 Å². The maximum atomic E-state index is 12.2. The van der Waals surface area contributed by atoms with E-state index in [0.29, 0.717) is 16.8 Å². The first-order valence-corrected chi connectivity index (χ1v) is 8.97. The number of pyridine rings is 1. The summed E-state index contributed by atoms with van der Waals surface area (Å²) in [6, 6.07) is 13.0. The molecule has 0 aliphatic carbocycles. The fraction of sp³-hybridized carbons (Fsp3) is 0.400. The molecule has 0 saturated carbocycles. The molecule has 1 N–H and O–H groups in total. The highest BCUT2D eigenvalue weighted by molar-refractivity contribution is 6.30. The van der Waals surface area contributed by atoms with Crippen molar-refractivity contribution in [2.45, 2.75) is 39.3 Å². The summed E-state index contributed by atoms with van der Waals surface area (Å²) in [5.74, 6) is 0.833. The van der Waals surface area contributed by atoms with E-state index < -0.39 is 11.6 Å². The normalized spacial score (nSPS) is 13.1. The van der Waals surface area contributed by atoms with Crippen LogP contribution < -0.4 is 10.1 Å². The molecule has 0 bridgehead atoms. The Morgan fingerprint density at radius 2 is 1.96 bits per heavy atom. The molecule has 0 fully saturated rings. The number of hydrogen-bond acceptors (Lipinski definition) is 4. The Bertz CT molecular complexity index is 692. The van der Waals surface area contributed by atoms with Crippen LogP contribution in [-0.2, 0) is 11.3 Å². The molecule has 1 heterocycles. The maximum Gasteiger partial charge on any atom is 0.408 e. The number of nitrogens with zero attached hydrogens (tertiary/aromatic N) is 1. The Labute approximate surface area is 159 Å². The number of halogens is 1. The predicted octanol–water partition coefficient (Wildman–Crippen LogP) is 4.85.